The van der Waals surface area contributed by atoms with Gasteiger partial charge in [-0.15, -0.1) is 0 Å². The molecule has 0 aliphatic heterocycles. The molecule has 3 N–H and O–H groups in total. The van der Waals surface area contributed by atoms with Crippen molar-refractivity contribution in [1.82, 2.24) is 0 Å². The van der Waals surface area contributed by atoms with E-state index in [1.807, 2.05) is 6.92 Å². The van der Waals surface area contributed by atoms with Crippen LogP contribution in [0.25, 0.3) is 0 Å². The van der Waals surface area contributed by atoms with Crippen LogP contribution in [-0.2, 0) is 4.74 Å². The zero-order valence-corrected chi connectivity index (χ0v) is 12.9. The Morgan fingerprint density at radius 2 is 1.50 bits per heavy atom. The molecular formula is C15H31NO2. The molecular weight excluding hydrogens is 226 g/mol. The van der Waals surface area contributed by atoms with Crippen LogP contribution in [0.4, 0.5) is 0 Å². The van der Waals surface area contributed by atoms with Gasteiger partial charge in [0.25, 0.3) is 0 Å². The molecule has 0 saturated heterocycles. The van der Waals surface area contributed by atoms with Crippen LogP contribution in [0.1, 0.15) is 60.8 Å². The molecule has 0 radical (unpaired) electrons. The highest BCUT2D eigenvalue weighted by molar-refractivity contribution is 5.00. The van der Waals surface area contributed by atoms with E-state index in [2.05, 4.69) is 27.7 Å². The van der Waals surface area contributed by atoms with Crippen molar-refractivity contribution < 1.29 is 9.84 Å². The summed E-state index contributed by atoms with van der Waals surface area (Å²) in [6.45, 7) is 13.4. The van der Waals surface area contributed by atoms with Crippen molar-refractivity contribution in [3.63, 3.8) is 0 Å². The third-order valence-electron chi connectivity index (χ3n) is 4.05. The van der Waals surface area contributed by atoms with Crippen LogP contribution in [0.15, 0.2) is 0 Å². The summed E-state index contributed by atoms with van der Waals surface area (Å²) in [7, 11) is 0. The maximum atomic E-state index is 9.66. The van der Waals surface area contributed by atoms with Gasteiger partial charge in [-0.2, -0.15) is 0 Å². The molecule has 1 aliphatic rings. The van der Waals surface area contributed by atoms with E-state index in [1.54, 1.807) is 6.92 Å². The summed E-state index contributed by atoms with van der Waals surface area (Å²) in [6, 6.07) is 0. The van der Waals surface area contributed by atoms with Crippen LogP contribution in [0.2, 0.25) is 0 Å². The van der Waals surface area contributed by atoms with E-state index in [9.17, 15) is 5.11 Å². The Morgan fingerprint density at radius 1 is 1.06 bits per heavy atom. The second-order valence-electron chi connectivity index (χ2n) is 7.81. The number of aliphatic hydroxyl groups excluding tert-OH is 1. The molecule has 0 spiro atoms. The molecule has 1 saturated carbocycles. The predicted octanol–water partition coefficient (Wildman–Crippen LogP) is 2.71. The summed E-state index contributed by atoms with van der Waals surface area (Å²) in [5, 5.41) is 9.66. The first-order valence-electron chi connectivity index (χ1n) is 7.07. The first-order chi connectivity index (χ1) is 8.01. The van der Waals surface area contributed by atoms with Crippen molar-refractivity contribution in [1.29, 1.82) is 0 Å². The number of ether oxygens (including phenoxy) is 1. The molecule has 0 heterocycles. The van der Waals surface area contributed by atoms with Gasteiger partial charge in [-0.1, -0.05) is 27.7 Å². The molecule has 2 atom stereocenters. The molecule has 3 nitrogen and oxygen atoms in total. The van der Waals surface area contributed by atoms with Gasteiger partial charge in [0, 0.05) is 6.54 Å². The van der Waals surface area contributed by atoms with Gasteiger partial charge >= 0.3 is 0 Å². The Bertz CT molecular complexity index is 268. The summed E-state index contributed by atoms with van der Waals surface area (Å²) in [4.78, 5) is 0. The molecule has 108 valence electrons. The summed E-state index contributed by atoms with van der Waals surface area (Å²) >= 11 is 0. The zero-order chi connectivity index (χ0) is 14.2. The highest BCUT2D eigenvalue weighted by Crippen LogP contribution is 2.51. The summed E-state index contributed by atoms with van der Waals surface area (Å²) in [5.41, 5.74) is 6.20. The first-order valence-corrected chi connectivity index (χ1v) is 7.07. The Labute approximate surface area is 112 Å². The molecule has 1 rings (SSSR count). The molecule has 1 fully saturated rings. The topological polar surface area (TPSA) is 55.5 Å². The Morgan fingerprint density at radius 3 is 1.83 bits per heavy atom. The number of nitrogens with two attached hydrogens (primary N) is 1. The number of hydrogen-bond acceptors (Lipinski definition) is 3. The molecule has 0 aromatic heterocycles. The monoisotopic (exact) mass is 257 g/mol. The second-order valence-corrected chi connectivity index (χ2v) is 7.81. The van der Waals surface area contributed by atoms with Crippen molar-refractivity contribution in [3.05, 3.63) is 0 Å². The van der Waals surface area contributed by atoms with E-state index in [0.717, 1.165) is 12.8 Å². The lowest BCUT2D eigenvalue weighted by molar-refractivity contribution is -0.171. The van der Waals surface area contributed by atoms with Gasteiger partial charge in [-0.05, 0) is 43.9 Å². The van der Waals surface area contributed by atoms with Gasteiger partial charge in [0.15, 0.2) is 0 Å². The van der Waals surface area contributed by atoms with Gasteiger partial charge in [0.2, 0.25) is 0 Å². The van der Waals surface area contributed by atoms with Crippen LogP contribution in [0, 0.1) is 10.8 Å². The minimum Gasteiger partial charge on any atom is -0.391 e. The fourth-order valence-corrected chi connectivity index (χ4v) is 4.00. The van der Waals surface area contributed by atoms with E-state index in [4.69, 9.17) is 10.5 Å². The number of hydrogen-bond donors (Lipinski definition) is 2. The van der Waals surface area contributed by atoms with Crippen LogP contribution >= 0.6 is 0 Å². The fraction of sp³-hybridized carbons (Fsp3) is 1.00. The lowest BCUT2D eigenvalue weighted by Crippen LogP contribution is -2.54. The zero-order valence-electron chi connectivity index (χ0n) is 12.9. The van der Waals surface area contributed by atoms with Crippen molar-refractivity contribution >= 4 is 0 Å². The molecule has 0 aromatic rings. The first kappa shape index (κ1) is 15.9. The minimum absolute atomic E-state index is 0.168. The second kappa shape index (κ2) is 5.10. The van der Waals surface area contributed by atoms with Crippen LogP contribution < -0.4 is 5.73 Å². The summed E-state index contributed by atoms with van der Waals surface area (Å²) in [6.07, 6.45) is 2.50. The molecule has 3 heteroatoms. The average molecular weight is 257 g/mol. The van der Waals surface area contributed by atoms with Crippen molar-refractivity contribution in [2.75, 3.05) is 6.54 Å². The normalized spacial score (nSPS) is 28.7. The van der Waals surface area contributed by atoms with Crippen molar-refractivity contribution in [2.24, 2.45) is 16.6 Å². The third kappa shape index (κ3) is 3.94. The SMILES string of the molecule is CC(O)C(C)OC1(CN)CC(C)(C)CC(C)(C)C1. The molecule has 0 aromatic carbocycles. The Hall–Kier alpha value is -0.120. The molecule has 18 heavy (non-hydrogen) atoms. The average Bonchev–Trinajstić information content (AvgIpc) is 2.12. The maximum Gasteiger partial charge on any atom is 0.0819 e. The lowest BCUT2D eigenvalue weighted by atomic mass is 9.59. The van der Waals surface area contributed by atoms with Crippen molar-refractivity contribution in [3.8, 4) is 0 Å². The van der Waals surface area contributed by atoms with E-state index in [1.165, 1.54) is 6.42 Å². The van der Waals surface area contributed by atoms with Crippen molar-refractivity contribution in [2.45, 2.75) is 78.6 Å². The molecule has 0 bridgehead atoms. The highest BCUT2D eigenvalue weighted by atomic mass is 16.5. The Balaban J connectivity index is 2.92. The predicted molar refractivity (Wildman–Crippen MR) is 75.4 cm³/mol. The Kier molecular flexibility index (Phi) is 4.52. The van der Waals surface area contributed by atoms with Crippen LogP contribution in [0.3, 0.4) is 0 Å². The van der Waals surface area contributed by atoms with Crippen LogP contribution in [-0.4, -0.2) is 29.5 Å². The quantitative estimate of drug-likeness (QED) is 0.814. The van der Waals surface area contributed by atoms with Gasteiger partial charge in [0.05, 0.1) is 17.8 Å². The van der Waals surface area contributed by atoms with E-state index < -0.39 is 6.10 Å². The van der Waals surface area contributed by atoms with E-state index in [-0.39, 0.29) is 22.5 Å². The molecule has 0 amide bonds. The smallest absolute Gasteiger partial charge is 0.0819 e. The van der Waals surface area contributed by atoms with E-state index in [0.29, 0.717) is 6.54 Å². The summed E-state index contributed by atoms with van der Waals surface area (Å²) in [5.74, 6) is 0. The maximum absolute atomic E-state index is 9.66. The lowest BCUT2D eigenvalue weighted by Gasteiger charge is -2.52. The molecule has 2 unspecified atom stereocenters. The minimum atomic E-state index is -0.457. The summed E-state index contributed by atoms with van der Waals surface area (Å²) < 4.78 is 6.19. The van der Waals surface area contributed by atoms with Gasteiger partial charge in [-0.3, -0.25) is 0 Å². The standard InChI is InChI=1S/C15H31NO2/c1-11(17)12(2)18-15(10-16)8-13(3,4)7-14(5,6)9-15/h11-12,17H,7-10,16H2,1-6H3. The fourth-order valence-electron chi connectivity index (χ4n) is 4.00. The number of rotatable bonds is 4. The van der Waals surface area contributed by atoms with Gasteiger partial charge in [-0.25, -0.2) is 0 Å². The number of aliphatic hydroxyl groups is 1. The highest BCUT2D eigenvalue weighted by Gasteiger charge is 2.48. The van der Waals surface area contributed by atoms with Gasteiger partial charge in [0.1, 0.15) is 0 Å². The molecule has 1 aliphatic carbocycles. The van der Waals surface area contributed by atoms with Gasteiger partial charge < -0.3 is 15.6 Å². The third-order valence-corrected chi connectivity index (χ3v) is 4.05. The van der Waals surface area contributed by atoms with E-state index >= 15 is 0 Å². The largest absolute Gasteiger partial charge is 0.391 e. The van der Waals surface area contributed by atoms with Crippen LogP contribution in [0.5, 0.6) is 0 Å².